The van der Waals surface area contributed by atoms with Crippen molar-refractivity contribution in [1.29, 1.82) is 0 Å². The van der Waals surface area contributed by atoms with Gasteiger partial charge in [-0.3, -0.25) is 4.79 Å². The number of benzene rings is 1. The summed E-state index contributed by atoms with van der Waals surface area (Å²) in [4.78, 5) is 20.9. The van der Waals surface area contributed by atoms with E-state index >= 15 is 0 Å². The van der Waals surface area contributed by atoms with Crippen molar-refractivity contribution in [3.05, 3.63) is 53.2 Å². The van der Waals surface area contributed by atoms with Gasteiger partial charge in [0, 0.05) is 23.1 Å². The van der Waals surface area contributed by atoms with Crippen molar-refractivity contribution in [1.82, 2.24) is 9.97 Å². The number of methoxy groups -OCH3 is 1. The molecule has 0 bridgehead atoms. The highest BCUT2D eigenvalue weighted by Crippen LogP contribution is 2.48. The van der Waals surface area contributed by atoms with Crippen LogP contribution in [0.15, 0.2) is 36.4 Å². The van der Waals surface area contributed by atoms with Crippen molar-refractivity contribution in [2.24, 2.45) is 5.41 Å². The second-order valence-electron chi connectivity index (χ2n) is 7.47. The molecule has 138 valence electrons. The molecule has 1 aliphatic rings. The Morgan fingerprint density at radius 2 is 1.89 bits per heavy atom. The SMILES string of the molecule is COc1cc(C)cc(C)c1-c1ccc2ccc(CC3(C(=O)O)CC3)nc2n1. The number of rotatable bonds is 5. The van der Waals surface area contributed by atoms with Gasteiger partial charge >= 0.3 is 5.97 Å². The maximum absolute atomic E-state index is 11.5. The Labute approximate surface area is 158 Å². The summed E-state index contributed by atoms with van der Waals surface area (Å²) in [6.45, 7) is 4.08. The molecule has 1 aromatic carbocycles. The largest absolute Gasteiger partial charge is 0.496 e. The van der Waals surface area contributed by atoms with Crippen molar-refractivity contribution in [2.75, 3.05) is 7.11 Å². The fourth-order valence-electron chi connectivity index (χ4n) is 3.66. The third-order valence-corrected chi connectivity index (χ3v) is 5.36. The zero-order valence-corrected chi connectivity index (χ0v) is 15.7. The van der Waals surface area contributed by atoms with Crippen molar-refractivity contribution in [3.8, 4) is 17.0 Å². The molecule has 3 aromatic rings. The van der Waals surface area contributed by atoms with Crippen LogP contribution in [0.5, 0.6) is 5.75 Å². The van der Waals surface area contributed by atoms with E-state index in [2.05, 4.69) is 11.1 Å². The quantitative estimate of drug-likeness (QED) is 0.731. The first kappa shape index (κ1) is 17.5. The van der Waals surface area contributed by atoms with Gasteiger partial charge in [-0.1, -0.05) is 6.07 Å². The summed E-state index contributed by atoms with van der Waals surface area (Å²) in [5.74, 6) is 0.0597. The lowest BCUT2D eigenvalue weighted by Crippen LogP contribution is -2.18. The number of aromatic nitrogens is 2. The van der Waals surface area contributed by atoms with E-state index in [-0.39, 0.29) is 0 Å². The predicted molar refractivity (Wildman–Crippen MR) is 104 cm³/mol. The zero-order valence-electron chi connectivity index (χ0n) is 15.7. The molecule has 5 heteroatoms. The van der Waals surface area contributed by atoms with E-state index in [1.807, 2.05) is 44.2 Å². The van der Waals surface area contributed by atoms with E-state index in [9.17, 15) is 9.90 Å². The number of fused-ring (bicyclic) bond motifs is 1. The third kappa shape index (κ3) is 3.14. The minimum atomic E-state index is -0.730. The number of hydrogen-bond acceptors (Lipinski definition) is 4. The standard InChI is InChI=1S/C22H22N2O3/c1-13-10-14(2)19(18(11-13)27-3)17-7-5-15-4-6-16(23-20(15)24-17)12-22(8-9-22)21(25)26/h4-7,10-11H,8-9,12H2,1-3H3,(H,25,26). The Hall–Kier alpha value is -2.95. The van der Waals surface area contributed by atoms with Crippen LogP contribution >= 0.6 is 0 Å². The zero-order chi connectivity index (χ0) is 19.2. The van der Waals surface area contributed by atoms with Crippen LogP contribution in [0.1, 0.15) is 29.7 Å². The number of hydrogen-bond donors (Lipinski definition) is 1. The number of carboxylic acid groups (broad SMARTS) is 1. The van der Waals surface area contributed by atoms with Crippen LogP contribution in [0.25, 0.3) is 22.3 Å². The predicted octanol–water partition coefficient (Wildman–Crippen LogP) is 4.33. The molecular weight excluding hydrogens is 340 g/mol. The van der Waals surface area contributed by atoms with Crippen LogP contribution in [-0.2, 0) is 11.2 Å². The molecule has 0 saturated heterocycles. The molecule has 0 unspecified atom stereocenters. The molecule has 1 saturated carbocycles. The Morgan fingerprint density at radius 3 is 2.56 bits per heavy atom. The second-order valence-corrected chi connectivity index (χ2v) is 7.47. The van der Waals surface area contributed by atoms with E-state index in [0.717, 1.165) is 52.1 Å². The molecule has 1 aliphatic carbocycles. The summed E-state index contributed by atoms with van der Waals surface area (Å²) >= 11 is 0. The molecule has 2 heterocycles. The first-order valence-corrected chi connectivity index (χ1v) is 9.07. The van der Waals surface area contributed by atoms with Gasteiger partial charge in [-0.05, 0) is 68.1 Å². The number of ether oxygens (including phenoxy) is 1. The molecule has 0 aliphatic heterocycles. The molecule has 0 atom stereocenters. The van der Waals surface area contributed by atoms with E-state index in [1.54, 1.807) is 7.11 Å². The summed E-state index contributed by atoms with van der Waals surface area (Å²) in [5, 5.41) is 10.4. The van der Waals surface area contributed by atoms with Crippen molar-refractivity contribution < 1.29 is 14.6 Å². The van der Waals surface area contributed by atoms with Crippen LogP contribution in [0.4, 0.5) is 0 Å². The number of carbonyl (C=O) groups is 1. The first-order chi connectivity index (χ1) is 12.9. The minimum absolute atomic E-state index is 0.455. The van der Waals surface area contributed by atoms with Crippen LogP contribution in [0.2, 0.25) is 0 Å². The lowest BCUT2D eigenvalue weighted by molar-refractivity contribution is -0.143. The number of carboxylic acids is 1. The van der Waals surface area contributed by atoms with Crippen molar-refractivity contribution in [2.45, 2.75) is 33.1 Å². The number of nitrogens with zero attached hydrogens (tertiary/aromatic N) is 2. The third-order valence-electron chi connectivity index (χ3n) is 5.36. The summed E-state index contributed by atoms with van der Waals surface area (Å²) in [6, 6.07) is 12.0. The van der Waals surface area contributed by atoms with Gasteiger partial charge in [-0.2, -0.15) is 0 Å². The Bertz CT molecular complexity index is 1050. The molecular formula is C22H22N2O3. The first-order valence-electron chi connectivity index (χ1n) is 9.07. The molecule has 1 N–H and O–H groups in total. The average Bonchev–Trinajstić information content (AvgIpc) is 3.41. The van der Waals surface area contributed by atoms with Crippen LogP contribution in [0, 0.1) is 19.3 Å². The van der Waals surface area contributed by atoms with Gasteiger partial charge in [-0.15, -0.1) is 0 Å². The number of aliphatic carboxylic acids is 1. The maximum atomic E-state index is 11.5. The van der Waals surface area contributed by atoms with Crippen LogP contribution in [0.3, 0.4) is 0 Å². The van der Waals surface area contributed by atoms with Gasteiger partial charge in [0.25, 0.3) is 0 Å². The summed E-state index contributed by atoms with van der Waals surface area (Å²) in [6.07, 6.45) is 1.89. The number of aryl methyl sites for hydroxylation is 2. The van der Waals surface area contributed by atoms with Gasteiger partial charge in [0.2, 0.25) is 0 Å². The molecule has 1 fully saturated rings. The van der Waals surface area contributed by atoms with Gasteiger partial charge < -0.3 is 9.84 Å². The van der Waals surface area contributed by atoms with Crippen molar-refractivity contribution >= 4 is 17.0 Å². The van der Waals surface area contributed by atoms with Gasteiger partial charge in [0.05, 0.1) is 18.2 Å². The van der Waals surface area contributed by atoms with Crippen LogP contribution in [-0.4, -0.2) is 28.2 Å². The van der Waals surface area contributed by atoms with Gasteiger partial charge in [0.15, 0.2) is 5.65 Å². The van der Waals surface area contributed by atoms with Gasteiger partial charge in [0.1, 0.15) is 5.75 Å². The minimum Gasteiger partial charge on any atom is -0.496 e. The second kappa shape index (κ2) is 6.34. The summed E-state index contributed by atoms with van der Waals surface area (Å²) in [5.41, 5.74) is 4.78. The summed E-state index contributed by atoms with van der Waals surface area (Å²) < 4.78 is 5.57. The summed E-state index contributed by atoms with van der Waals surface area (Å²) in [7, 11) is 1.66. The number of pyridine rings is 2. The van der Waals surface area contributed by atoms with E-state index in [1.165, 1.54) is 0 Å². The van der Waals surface area contributed by atoms with E-state index in [0.29, 0.717) is 12.1 Å². The molecule has 2 aromatic heterocycles. The molecule has 4 rings (SSSR count). The van der Waals surface area contributed by atoms with E-state index < -0.39 is 11.4 Å². The lowest BCUT2D eigenvalue weighted by Gasteiger charge is -2.13. The van der Waals surface area contributed by atoms with E-state index in [4.69, 9.17) is 9.72 Å². The highest BCUT2D eigenvalue weighted by molar-refractivity contribution is 5.81. The highest BCUT2D eigenvalue weighted by Gasteiger charge is 2.50. The molecule has 5 nitrogen and oxygen atoms in total. The fourth-order valence-corrected chi connectivity index (χ4v) is 3.66. The van der Waals surface area contributed by atoms with Gasteiger partial charge in [-0.25, -0.2) is 9.97 Å². The highest BCUT2D eigenvalue weighted by atomic mass is 16.5. The molecule has 0 amide bonds. The molecule has 0 spiro atoms. The monoisotopic (exact) mass is 362 g/mol. The maximum Gasteiger partial charge on any atom is 0.310 e. The Morgan fingerprint density at radius 1 is 1.15 bits per heavy atom. The topological polar surface area (TPSA) is 72.3 Å². The molecule has 27 heavy (non-hydrogen) atoms. The Kier molecular flexibility index (Phi) is 4.10. The smallest absolute Gasteiger partial charge is 0.310 e. The normalized spacial score (nSPS) is 14.9. The fraction of sp³-hybridized carbons (Fsp3) is 0.318. The van der Waals surface area contributed by atoms with Crippen LogP contribution < -0.4 is 4.74 Å². The molecule has 0 radical (unpaired) electrons. The Balaban J connectivity index is 1.77. The lowest BCUT2D eigenvalue weighted by atomic mass is 9.99. The average molecular weight is 362 g/mol. The van der Waals surface area contributed by atoms with Crippen molar-refractivity contribution in [3.63, 3.8) is 0 Å².